The van der Waals surface area contributed by atoms with Crippen LogP contribution < -0.4 is 9.64 Å². The number of likely N-dealkylation sites (tertiary alicyclic amines) is 2. The van der Waals surface area contributed by atoms with E-state index in [1.165, 1.54) is 24.3 Å². The fraction of sp³-hybridized carbons (Fsp3) is 0.488. The van der Waals surface area contributed by atoms with Crippen molar-refractivity contribution in [3.63, 3.8) is 0 Å². The molecule has 1 N–H and O–H groups in total. The maximum absolute atomic E-state index is 17.7. The molecule has 0 spiro atoms. The first-order valence-electron chi connectivity index (χ1n) is 19.0. The number of ether oxygens (including phenoxy) is 2. The monoisotopic (exact) mass is 775 g/mol. The van der Waals surface area contributed by atoms with Crippen LogP contribution in [0.15, 0.2) is 30.5 Å². The number of fused-ring (bicyclic) bond motifs is 6. The Morgan fingerprint density at radius 1 is 0.946 bits per heavy atom. The topological polar surface area (TPSA) is 92.0 Å². The Kier molecular flexibility index (Phi) is 9.01. The van der Waals surface area contributed by atoms with Crippen molar-refractivity contribution in [3.05, 3.63) is 47.7 Å². The molecule has 15 heteroatoms. The van der Waals surface area contributed by atoms with Crippen LogP contribution in [0, 0.1) is 41.7 Å². The molecule has 56 heavy (non-hydrogen) atoms. The SMILES string of the molecule is C#Cc1c(F)ccc2cc(O)cc(-c3c(F)c4nc(OC[C@H]5CN(C)C[C@@H]5C(F)(F)F)nc(N5[C@@H]6CC[C@H]5CN(C5CC(COC)C5)C6)c4c4cn(C)nc34)c12. The average Bonchev–Trinajstić information content (AvgIpc) is 3.79. The molecular formula is C41H42F5N7O3. The molecular weight excluding hydrogens is 733 g/mol. The molecule has 0 amide bonds. The first-order chi connectivity index (χ1) is 26.8. The van der Waals surface area contributed by atoms with Crippen molar-refractivity contribution < 1.29 is 36.5 Å². The van der Waals surface area contributed by atoms with Crippen LogP contribution >= 0.6 is 0 Å². The molecule has 2 bridgehead atoms. The number of rotatable bonds is 8. The van der Waals surface area contributed by atoms with E-state index in [1.807, 2.05) is 0 Å². The Hall–Kier alpha value is -4.78. The van der Waals surface area contributed by atoms with E-state index in [4.69, 9.17) is 26.0 Å². The molecule has 1 saturated carbocycles. The molecule has 9 rings (SSSR count). The minimum Gasteiger partial charge on any atom is -0.508 e. The summed E-state index contributed by atoms with van der Waals surface area (Å²) in [4.78, 5) is 15.9. The zero-order chi connectivity index (χ0) is 39.2. The molecule has 294 valence electrons. The second-order valence-electron chi connectivity index (χ2n) is 16.1. The Labute approximate surface area is 320 Å². The van der Waals surface area contributed by atoms with Crippen LogP contribution in [0.3, 0.4) is 0 Å². The standard InChI is InChI=1S/C41H42F5N7O3/c1-5-28-32(42)9-6-22-12-27(54)13-29(33(22)28)34-36(43)38-35(30-17-51(3)49-37(30)34)39(48-40(47-38)56-20-23-14-50(2)18-31(23)41(44,45)46)53-24-7-8-25(53)16-52(15-24)26-10-21(11-26)19-55-4/h1,6,9,12-13,17,21,23-26,31,54H,7-8,10-11,14-16,18-20H2,2-4H3/t21?,23-,24-,25+,26?,31+/m1/s1. The quantitative estimate of drug-likeness (QED) is 0.140. The van der Waals surface area contributed by atoms with Gasteiger partial charge in [-0.1, -0.05) is 12.0 Å². The van der Waals surface area contributed by atoms with Gasteiger partial charge in [-0.05, 0) is 67.8 Å². The van der Waals surface area contributed by atoms with Crippen LogP contribution in [-0.4, -0.2) is 113 Å². The lowest BCUT2D eigenvalue weighted by Gasteiger charge is -2.49. The van der Waals surface area contributed by atoms with Crippen LogP contribution in [0.2, 0.25) is 0 Å². The molecule has 3 aromatic carbocycles. The number of phenolic OH excluding ortho intramolecular Hbond substituents is 1. The highest BCUT2D eigenvalue weighted by Crippen LogP contribution is 2.48. The summed E-state index contributed by atoms with van der Waals surface area (Å²) in [5.74, 6) is -0.852. The van der Waals surface area contributed by atoms with Crippen molar-refractivity contribution in [1.29, 1.82) is 0 Å². The number of aromatic hydroxyl groups is 1. The van der Waals surface area contributed by atoms with Crippen LogP contribution in [0.4, 0.5) is 27.8 Å². The van der Waals surface area contributed by atoms with Crippen LogP contribution in [0.25, 0.3) is 43.7 Å². The smallest absolute Gasteiger partial charge is 0.393 e. The lowest BCUT2D eigenvalue weighted by Crippen LogP contribution is -2.59. The van der Waals surface area contributed by atoms with Crippen LogP contribution in [0.5, 0.6) is 11.8 Å². The maximum Gasteiger partial charge on any atom is 0.393 e. The summed E-state index contributed by atoms with van der Waals surface area (Å²) in [6.45, 7) is 1.98. The fourth-order valence-electron chi connectivity index (χ4n) is 9.93. The van der Waals surface area contributed by atoms with Gasteiger partial charge in [-0.3, -0.25) is 9.58 Å². The molecule has 1 aliphatic carbocycles. The number of hydrogen-bond donors (Lipinski definition) is 1. The molecule has 3 saturated heterocycles. The van der Waals surface area contributed by atoms with Crippen molar-refractivity contribution in [3.8, 4) is 35.2 Å². The molecule has 0 radical (unpaired) electrons. The van der Waals surface area contributed by atoms with Gasteiger partial charge in [0, 0.05) is 93.5 Å². The number of aryl methyl sites for hydroxylation is 1. The van der Waals surface area contributed by atoms with Crippen molar-refractivity contribution in [2.24, 2.45) is 24.8 Å². The van der Waals surface area contributed by atoms with E-state index in [9.17, 15) is 18.3 Å². The first kappa shape index (κ1) is 36.8. The van der Waals surface area contributed by atoms with Crippen molar-refractivity contribution in [2.45, 2.75) is 50.0 Å². The Morgan fingerprint density at radius 3 is 2.39 bits per heavy atom. The molecule has 2 aromatic heterocycles. The van der Waals surface area contributed by atoms with Gasteiger partial charge in [0.05, 0.1) is 23.5 Å². The summed E-state index contributed by atoms with van der Waals surface area (Å²) in [7, 11) is 5.06. The lowest BCUT2D eigenvalue weighted by molar-refractivity contribution is -0.182. The fourth-order valence-corrected chi connectivity index (χ4v) is 9.93. The summed E-state index contributed by atoms with van der Waals surface area (Å²) >= 11 is 0. The van der Waals surface area contributed by atoms with Gasteiger partial charge < -0.3 is 24.4 Å². The summed E-state index contributed by atoms with van der Waals surface area (Å²) in [6, 6.07) is 5.68. The van der Waals surface area contributed by atoms with Crippen LogP contribution in [0.1, 0.15) is 31.2 Å². The average molecular weight is 776 g/mol. The highest BCUT2D eigenvalue weighted by atomic mass is 19.4. The first-order valence-corrected chi connectivity index (χ1v) is 19.0. The van der Waals surface area contributed by atoms with Crippen molar-refractivity contribution in [2.75, 3.05) is 58.5 Å². The second kappa shape index (κ2) is 13.7. The molecule has 4 fully saturated rings. The van der Waals surface area contributed by atoms with E-state index in [1.54, 1.807) is 37.0 Å². The van der Waals surface area contributed by atoms with Crippen molar-refractivity contribution >= 4 is 38.4 Å². The van der Waals surface area contributed by atoms with E-state index < -0.39 is 29.6 Å². The summed E-state index contributed by atoms with van der Waals surface area (Å²) < 4.78 is 88.2. The van der Waals surface area contributed by atoms with Crippen LogP contribution in [-0.2, 0) is 11.8 Å². The Bertz CT molecular complexity index is 2390. The number of aromatic nitrogens is 4. The number of nitrogens with zero attached hydrogens (tertiary/aromatic N) is 7. The Balaban J connectivity index is 1.22. The molecule has 4 aliphatic rings. The van der Waals surface area contributed by atoms with Gasteiger partial charge in [0.2, 0.25) is 0 Å². The number of piperazine rings is 1. The summed E-state index contributed by atoms with van der Waals surface area (Å²) in [6.07, 6.45) is 7.01. The van der Waals surface area contributed by atoms with Gasteiger partial charge >= 0.3 is 12.2 Å². The molecule has 0 unspecified atom stereocenters. The maximum atomic E-state index is 17.7. The van der Waals surface area contributed by atoms with E-state index in [-0.39, 0.29) is 76.7 Å². The molecule has 3 aliphatic heterocycles. The highest BCUT2D eigenvalue weighted by Gasteiger charge is 2.50. The van der Waals surface area contributed by atoms with E-state index in [0.29, 0.717) is 33.9 Å². The number of alkyl halides is 3. The Morgan fingerprint density at radius 2 is 1.70 bits per heavy atom. The third kappa shape index (κ3) is 6.08. The number of hydrogen-bond acceptors (Lipinski definition) is 9. The number of methoxy groups -OCH3 is 1. The molecule has 5 heterocycles. The zero-order valence-corrected chi connectivity index (χ0v) is 31.3. The van der Waals surface area contributed by atoms with E-state index in [0.717, 1.165) is 45.4 Å². The van der Waals surface area contributed by atoms with Gasteiger partial charge in [0.25, 0.3) is 0 Å². The van der Waals surface area contributed by atoms with E-state index >= 15 is 8.78 Å². The normalized spacial score (nSPS) is 25.7. The van der Waals surface area contributed by atoms with Crippen molar-refractivity contribution in [1.82, 2.24) is 29.5 Å². The number of benzene rings is 3. The number of anilines is 1. The van der Waals surface area contributed by atoms with E-state index in [2.05, 4.69) is 20.7 Å². The second-order valence-corrected chi connectivity index (χ2v) is 16.1. The van der Waals surface area contributed by atoms with Gasteiger partial charge in [-0.2, -0.15) is 28.2 Å². The van der Waals surface area contributed by atoms with Gasteiger partial charge in [0.15, 0.2) is 5.82 Å². The summed E-state index contributed by atoms with van der Waals surface area (Å²) in [5, 5.41) is 17.1. The third-order valence-electron chi connectivity index (χ3n) is 12.5. The molecule has 10 nitrogen and oxygen atoms in total. The number of halogens is 5. The highest BCUT2D eigenvalue weighted by molar-refractivity contribution is 6.18. The number of phenols is 1. The summed E-state index contributed by atoms with van der Waals surface area (Å²) in [5.41, 5.74) is 0.0334. The molecule has 4 atom stereocenters. The van der Waals surface area contributed by atoms with Gasteiger partial charge in [-0.25, -0.2) is 8.78 Å². The predicted molar refractivity (Wildman–Crippen MR) is 202 cm³/mol. The largest absolute Gasteiger partial charge is 0.508 e. The minimum absolute atomic E-state index is 0.0323. The number of terminal acetylenes is 1. The third-order valence-corrected chi connectivity index (χ3v) is 12.5. The minimum atomic E-state index is -4.43. The zero-order valence-electron chi connectivity index (χ0n) is 31.3. The molecule has 5 aromatic rings. The van der Waals surface area contributed by atoms with Gasteiger partial charge in [-0.15, -0.1) is 6.42 Å². The lowest BCUT2D eigenvalue weighted by atomic mass is 9.79. The predicted octanol–water partition coefficient (Wildman–Crippen LogP) is 6.50. The van der Waals surface area contributed by atoms with Gasteiger partial charge in [0.1, 0.15) is 28.4 Å².